The largest absolute Gasteiger partial charge is 0.455 e. The molecule has 1 aliphatic rings. The Morgan fingerprint density at radius 2 is 2.00 bits per heavy atom. The highest BCUT2D eigenvalue weighted by Gasteiger charge is 2.28. The van der Waals surface area contributed by atoms with Crippen LogP contribution in [0.1, 0.15) is 52.8 Å². The lowest BCUT2D eigenvalue weighted by atomic mass is 9.93. The average Bonchev–Trinajstić information content (AvgIpc) is 3.05. The fourth-order valence-electron chi connectivity index (χ4n) is 3.53. The van der Waals surface area contributed by atoms with Crippen LogP contribution in [0.2, 0.25) is 0 Å². The van der Waals surface area contributed by atoms with Crippen molar-refractivity contribution in [1.29, 1.82) is 0 Å². The third-order valence-electron chi connectivity index (χ3n) is 4.85. The summed E-state index contributed by atoms with van der Waals surface area (Å²) in [5.41, 5.74) is 5.91. The van der Waals surface area contributed by atoms with Crippen LogP contribution in [0, 0.1) is 6.92 Å². The molecular formula is C22H27N3O4. The summed E-state index contributed by atoms with van der Waals surface area (Å²) in [5, 5.41) is 7.22. The topological polar surface area (TPSA) is 92.9 Å². The predicted molar refractivity (Wildman–Crippen MR) is 110 cm³/mol. The summed E-state index contributed by atoms with van der Waals surface area (Å²) < 4.78 is 10.9. The second-order valence-electron chi connectivity index (χ2n) is 7.29. The molecule has 1 aliphatic carbocycles. The van der Waals surface area contributed by atoms with Gasteiger partial charge < -0.3 is 14.5 Å². The Morgan fingerprint density at radius 3 is 2.72 bits per heavy atom. The van der Waals surface area contributed by atoms with Crippen LogP contribution >= 0.6 is 0 Å². The Bertz CT molecular complexity index is 902. The number of benzene rings is 1. The molecule has 1 atom stereocenters. The number of fused-ring (bicyclic) bond motifs is 1. The van der Waals surface area contributed by atoms with E-state index in [4.69, 9.17) is 9.15 Å². The number of hydrogen-bond acceptors (Lipinski definition) is 5. The number of nitrogens with one attached hydrogen (secondary N) is 2. The number of rotatable bonds is 7. The number of furan rings is 1. The van der Waals surface area contributed by atoms with Gasteiger partial charge in [-0.05, 0) is 32.3 Å². The molecule has 1 heterocycles. The minimum absolute atomic E-state index is 0.126. The number of ether oxygens (including phenoxy) is 1. The molecule has 154 valence electrons. The zero-order chi connectivity index (χ0) is 20.8. The fourth-order valence-corrected chi connectivity index (χ4v) is 3.53. The smallest absolute Gasteiger partial charge is 0.287 e. The van der Waals surface area contributed by atoms with Gasteiger partial charge in [0, 0.05) is 30.7 Å². The van der Waals surface area contributed by atoms with Crippen molar-refractivity contribution in [2.45, 2.75) is 45.6 Å². The molecule has 1 aromatic carbocycles. The summed E-state index contributed by atoms with van der Waals surface area (Å²) in [6.45, 7) is 4.14. The molecule has 7 heteroatoms. The van der Waals surface area contributed by atoms with Crippen molar-refractivity contribution in [2.75, 3.05) is 13.7 Å². The number of nitrogens with zero attached hydrogens (tertiary/aromatic N) is 1. The maximum absolute atomic E-state index is 12.6. The monoisotopic (exact) mass is 397 g/mol. The molecule has 29 heavy (non-hydrogen) atoms. The average molecular weight is 397 g/mol. The third kappa shape index (κ3) is 5.12. The number of carbonyl (C=O) groups excluding carboxylic acids is 2. The maximum atomic E-state index is 12.6. The van der Waals surface area contributed by atoms with Crippen molar-refractivity contribution < 1.29 is 18.7 Å². The van der Waals surface area contributed by atoms with E-state index in [1.807, 2.05) is 44.2 Å². The molecule has 0 bridgehead atoms. The molecular weight excluding hydrogens is 370 g/mol. The lowest BCUT2D eigenvalue weighted by molar-refractivity contribution is -0.120. The Morgan fingerprint density at radius 1 is 1.24 bits per heavy atom. The van der Waals surface area contributed by atoms with Crippen LogP contribution in [-0.2, 0) is 22.4 Å². The van der Waals surface area contributed by atoms with Crippen LogP contribution in [0.25, 0.3) is 0 Å². The van der Waals surface area contributed by atoms with E-state index in [-0.39, 0.29) is 24.3 Å². The molecule has 0 aliphatic heterocycles. The standard InChI is InChI=1S/C22H27N3O4/c1-14(13-28-3)23-22(27)21-15(2)20-17(10-7-11-18(20)29-21)24-25-19(26)12-16-8-5-4-6-9-16/h4-6,8-9,14H,7,10-13H2,1-3H3,(H,23,27)(H,25,26)/b24-17+. The first-order chi connectivity index (χ1) is 14.0. The van der Waals surface area contributed by atoms with E-state index in [9.17, 15) is 9.59 Å². The minimum Gasteiger partial charge on any atom is -0.455 e. The molecule has 3 rings (SSSR count). The van der Waals surface area contributed by atoms with Crippen LogP contribution in [0.4, 0.5) is 0 Å². The molecule has 2 aromatic rings. The highest BCUT2D eigenvalue weighted by Crippen LogP contribution is 2.29. The van der Waals surface area contributed by atoms with Crippen molar-refractivity contribution in [2.24, 2.45) is 5.10 Å². The van der Waals surface area contributed by atoms with Gasteiger partial charge in [-0.3, -0.25) is 9.59 Å². The van der Waals surface area contributed by atoms with E-state index in [2.05, 4.69) is 15.8 Å². The van der Waals surface area contributed by atoms with Gasteiger partial charge in [-0.2, -0.15) is 5.10 Å². The van der Waals surface area contributed by atoms with E-state index >= 15 is 0 Å². The van der Waals surface area contributed by atoms with E-state index in [1.54, 1.807) is 7.11 Å². The quantitative estimate of drug-likeness (QED) is 0.703. The fraction of sp³-hybridized carbons (Fsp3) is 0.409. The first kappa shape index (κ1) is 20.8. The zero-order valence-electron chi connectivity index (χ0n) is 17.1. The molecule has 0 radical (unpaired) electrons. The van der Waals surface area contributed by atoms with Gasteiger partial charge in [-0.15, -0.1) is 0 Å². The van der Waals surface area contributed by atoms with Crippen LogP contribution in [0.15, 0.2) is 39.9 Å². The van der Waals surface area contributed by atoms with Crippen molar-refractivity contribution in [1.82, 2.24) is 10.7 Å². The number of aryl methyl sites for hydroxylation is 1. The molecule has 7 nitrogen and oxygen atoms in total. The van der Waals surface area contributed by atoms with E-state index in [0.717, 1.165) is 47.4 Å². The Labute approximate surface area is 170 Å². The minimum atomic E-state index is -0.270. The predicted octanol–water partition coefficient (Wildman–Crippen LogP) is 2.75. The van der Waals surface area contributed by atoms with Crippen molar-refractivity contribution >= 4 is 17.5 Å². The van der Waals surface area contributed by atoms with E-state index in [1.165, 1.54) is 0 Å². The molecule has 2 N–H and O–H groups in total. The summed E-state index contributed by atoms with van der Waals surface area (Å²) in [6.07, 6.45) is 2.59. The summed E-state index contributed by atoms with van der Waals surface area (Å²) in [7, 11) is 1.59. The molecule has 1 unspecified atom stereocenters. The molecule has 1 aromatic heterocycles. The van der Waals surface area contributed by atoms with Gasteiger partial charge in [0.25, 0.3) is 5.91 Å². The molecule has 0 saturated carbocycles. The normalized spacial score (nSPS) is 15.6. The lowest BCUT2D eigenvalue weighted by Crippen LogP contribution is -2.35. The summed E-state index contributed by atoms with van der Waals surface area (Å²) in [4.78, 5) is 24.8. The SMILES string of the molecule is COCC(C)NC(=O)c1oc2c(c1C)/C(=N/NC(=O)Cc1ccccc1)CCC2. The molecule has 2 amide bonds. The molecule has 0 spiro atoms. The first-order valence-corrected chi connectivity index (χ1v) is 9.81. The van der Waals surface area contributed by atoms with Gasteiger partial charge in [0.15, 0.2) is 5.76 Å². The molecule has 0 fully saturated rings. The zero-order valence-corrected chi connectivity index (χ0v) is 17.1. The van der Waals surface area contributed by atoms with Gasteiger partial charge >= 0.3 is 0 Å². The summed E-state index contributed by atoms with van der Waals surface area (Å²) in [6, 6.07) is 9.39. The Balaban J connectivity index is 1.74. The van der Waals surface area contributed by atoms with Crippen LogP contribution < -0.4 is 10.7 Å². The maximum Gasteiger partial charge on any atom is 0.287 e. The van der Waals surface area contributed by atoms with E-state index in [0.29, 0.717) is 12.4 Å². The van der Waals surface area contributed by atoms with Crippen LogP contribution in [0.5, 0.6) is 0 Å². The van der Waals surface area contributed by atoms with E-state index < -0.39 is 0 Å². The highest BCUT2D eigenvalue weighted by atomic mass is 16.5. The third-order valence-corrected chi connectivity index (χ3v) is 4.85. The summed E-state index contributed by atoms with van der Waals surface area (Å²) >= 11 is 0. The van der Waals surface area contributed by atoms with Crippen molar-refractivity contribution in [3.8, 4) is 0 Å². The van der Waals surface area contributed by atoms with Gasteiger partial charge in [0.2, 0.25) is 5.91 Å². The van der Waals surface area contributed by atoms with Crippen molar-refractivity contribution in [3.05, 3.63) is 58.5 Å². The lowest BCUT2D eigenvalue weighted by Gasteiger charge is -2.13. The van der Waals surface area contributed by atoms with Gasteiger partial charge in [-0.1, -0.05) is 30.3 Å². The van der Waals surface area contributed by atoms with Gasteiger partial charge in [0.05, 0.1) is 18.7 Å². The molecule has 0 saturated heterocycles. The Kier molecular flexibility index (Phi) is 6.82. The van der Waals surface area contributed by atoms with Gasteiger partial charge in [0.1, 0.15) is 5.76 Å². The number of methoxy groups -OCH3 is 1. The second-order valence-corrected chi connectivity index (χ2v) is 7.29. The second kappa shape index (κ2) is 9.52. The van der Waals surface area contributed by atoms with Crippen LogP contribution in [-0.4, -0.2) is 37.3 Å². The first-order valence-electron chi connectivity index (χ1n) is 9.81. The Hall–Kier alpha value is -2.93. The van der Waals surface area contributed by atoms with Crippen LogP contribution in [0.3, 0.4) is 0 Å². The number of hydrazone groups is 1. The van der Waals surface area contributed by atoms with Gasteiger partial charge in [-0.25, -0.2) is 5.43 Å². The number of carbonyl (C=O) groups is 2. The number of amides is 2. The highest BCUT2D eigenvalue weighted by molar-refractivity contribution is 6.06. The van der Waals surface area contributed by atoms with Crippen molar-refractivity contribution in [3.63, 3.8) is 0 Å². The summed E-state index contributed by atoms with van der Waals surface area (Å²) in [5.74, 6) is 0.592. The number of hydrogen-bond donors (Lipinski definition) is 2.